The Morgan fingerprint density at radius 1 is 1.38 bits per heavy atom. The number of piperazine rings is 1. The Morgan fingerprint density at radius 3 is 2.81 bits per heavy atom. The Bertz CT molecular complexity index is 424. The highest BCUT2D eigenvalue weighted by Gasteiger charge is 2.30. The standard InChI is InChI=1S/C15H28N4O2/c1-5-14-11-19(8-7-18(14)9-10-20-6-2)12(3)15-16-13(4)17-21-15/h12,14H,5-11H2,1-4H3/t12-,14+/m1/s1. The predicted molar refractivity (Wildman–Crippen MR) is 81.2 cm³/mol. The zero-order valence-electron chi connectivity index (χ0n) is 13.7. The highest BCUT2D eigenvalue weighted by Crippen LogP contribution is 2.23. The maximum Gasteiger partial charge on any atom is 0.243 e. The van der Waals surface area contributed by atoms with Gasteiger partial charge in [-0.3, -0.25) is 9.80 Å². The molecule has 1 aliphatic rings. The van der Waals surface area contributed by atoms with Gasteiger partial charge in [-0.05, 0) is 27.2 Å². The van der Waals surface area contributed by atoms with Crippen molar-refractivity contribution in [3.05, 3.63) is 11.7 Å². The molecule has 2 atom stereocenters. The Balaban J connectivity index is 1.90. The molecule has 21 heavy (non-hydrogen) atoms. The van der Waals surface area contributed by atoms with Crippen LogP contribution >= 0.6 is 0 Å². The van der Waals surface area contributed by atoms with Crippen molar-refractivity contribution in [2.45, 2.75) is 46.2 Å². The number of hydrogen-bond donors (Lipinski definition) is 0. The van der Waals surface area contributed by atoms with Crippen molar-refractivity contribution in [2.75, 3.05) is 39.4 Å². The summed E-state index contributed by atoms with van der Waals surface area (Å²) in [6.45, 7) is 14.1. The molecule has 2 heterocycles. The Hall–Kier alpha value is -0.980. The van der Waals surface area contributed by atoms with E-state index in [1.54, 1.807) is 0 Å². The molecule has 1 aromatic heterocycles. The van der Waals surface area contributed by atoms with Gasteiger partial charge in [-0.1, -0.05) is 12.1 Å². The first kappa shape index (κ1) is 16.4. The van der Waals surface area contributed by atoms with Gasteiger partial charge in [0.25, 0.3) is 0 Å². The second kappa shape index (κ2) is 7.87. The van der Waals surface area contributed by atoms with Crippen LogP contribution in [0.3, 0.4) is 0 Å². The van der Waals surface area contributed by atoms with E-state index in [9.17, 15) is 0 Å². The number of ether oxygens (including phenoxy) is 1. The fourth-order valence-corrected chi connectivity index (χ4v) is 2.92. The number of nitrogens with zero attached hydrogens (tertiary/aromatic N) is 4. The Morgan fingerprint density at radius 2 is 2.19 bits per heavy atom. The summed E-state index contributed by atoms with van der Waals surface area (Å²) < 4.78 is 10.8. The molecule has 1 saturated heterocycles. The lowest BCUT2D eigenvalue weighted by Gasteiger charge is -2.42. The molecular weight excluding hydrogens is 268 g/mol. The summed E-state index contributed by atoms with van der Waals surface area (Å²) in [7, 11) is 0. The van der Waals surface area contributed by atoms with Crippen molar-refractivity contribution >= 4 is 0 Å². The summed E-state index contributed by atoms with van der Waals surface area (Å²) in [5, 5.41) is 3.90. The molecule has 120 valence electrons. The number of aromatic nitrogens is 2. The van der Waals surface area contributed by atoms with Crippen LogP contribution in [0.15, 0.2) is 4.52 Å². The lowest BCUT2D eigenvalue weighted by atomic mass is 10.1. The third-order valence-corrected chi connectivity index (χ3v) is 4.28. The molecule has 1 fully saturated rings. The average molecular weight is 296 g/mol. The fourth-order valence-electron chi connectivity index (χ4n) is 2.92. The summed E-state index contributed by atoms with van der Waals surface area (Å²) in [6.07, 6.45) is 1.15. The number of hydrogen-bond acceptors (Lipinski definition) is 6. The zero-order valence-corrected chi connectivity index (χ0v) is 13.7. The van der Waals surface area contributed by atoms with E-state index in [2.05, 4.69) is 33.8 Å². The van der Waals surface area contributed by atoms with Crippen molar-refractivity contribution in [1.29, 1.82) is 0 Å². The molecule has 6 nitrogen and oxygen atoms in total. The molecule has 0 radical (unpaired) electrons. The first-order valence-electron chi connectivity index (χ1n) is 8.01. The third-order valence-electron chi connectivity index (χ3n) is 4.28. The van der Waals surface area contributed by atoms with Gasteiger partial charge in [0.05, 0.1) is 12.6 Å². The van der Waals surface area contributed by atoms with Gasteiger partial charge in [0.1, 0.15) is 0 Å². The maximum absolute atomic E-state index is 5.49. The van der Waals surface area contributed by atoms with Crippen LogP contribution in [0.5, 0.6) is 0 Å². The lowest BCUT2D eigenvalue weighted by Crippen LogP contribution is -2.54. The van der Waals surface area contributed by atoms with Crippen molar-refractivity contribution in [1.82, 2.24) is 19.9 Å². The van der Waals surface area contributed by atoms with E-state index in [4.69, 9.17) is 9.26 Å². The van der Waals surface area contributed by atoms with E-state index < -0.39 is 0 Å². The van der Waals surface area contributed by atoms with E-state index in [1.807, 2.05) is 13.8 Å². The largest absolute Gasteiger partial charge is 0.380 e. The van der Waals surface area contributed by atoms with Crippen molar-refractivity contribution in [2.24, 2.45) is 0 Å². The smallest absolute Gasteiger partial charge is 0.243 e. The molecule has 0 spiro atoms. The van der Waals surface area contributed by atoms with Crippen molar-refractivity contribution in [3.8, 4) is 0 Å². The molecule has 0 bridgehead atoms. The summed E-state index contributed by atoms with van der Waals surface area (Å²) in [5.41, 5.74) is 0. The molecule has 0 aromatic carbocycles. The van der Waals surface area contributed by atoms with Gasteiger partial charge in [0.2, 0.25) is 5.89 Å². The van der Waals surface area contributed by atoms with E-state index in [-0.39, 0.29) is 6.04 Å². The van der Waals surface area contributed by atoms with Crippen LogP contribution in [0.4, 0.5) is 0 Å². The Labute approximate surface area is 127 Å². The molecule has 6 heteroatoms. The zero-order chi connectivity index (χ0) is 15.2. The Kier molecular flexibility index (Phi) is 6.14. The highest BCUT2D eigenvalue weighted by atomic mass is 16.5. The minimum Gasteiger partial charge on any atom is -0.380 e. The number of aryl methyl sites for hydroxylation is 1. The van der Waals surface area contributed by atoms with Crippen LogP contribution in [0.1, 0.15) is 44.9 Å². The van der Waals surface area contributed by atoms with Crippen LogP contribution < -0.4 is 0 Å². The van der Waals surface area contributed by atoms with Crippen LogP contribution in [-0.4, -0.2) is 65.4 Å². The quantitative estimate of drug-likeness (QED) is 0.716. The topological polar surface area (TPSA) is 54.6 Å². The van der Waals surface area contributed by atoms with E-state index in [0.717, 1.165) is 51.7 Å². The molecular formula is C15H28N4O2. The first-order valence-corrected chi connectivity index (χ1v) is 8.01. The fraction of sp³-hybridized carbons (Fsp3) is 0.867. The van der Waals surface area contributed by atoms with Gasteiger partial charge in [-0.2, -0.15) is 4.98 Å². The second-order valence-corrected chi connectivity index (χ2v) is 5.65. The van der Waals surface area contributed by atoms with Crippen LogP contribution in [0.25, 0.3) is 0 Å². The van der Waals surface area contributed by atoms with Crippen LogP contribution in [0.2, 0.25) is 0 Å². The molecule has 0 saturated carbocycles. The van der Waals surface area contributed by atoms with Gasteiger partial charge in [0.15, 0.2) is 5.82 Å². The van der Waals surface area contributed by atoms with Crippen molar-refractivity contribution < 1.29 is 9.26 Å². The van der Waals surface area contributed by atoms with E-state index in [1.165, 1.54) is 0 Å². The average Bonchev–Trinajstić information content (AvgIpc) is 2.93. The lowest BCUT2D eigenvalue weighted by molar-refractivity contribution is 0.0214. The van der Waals surface area contributed by atoms with Gasteiger partial charge >= 0.3 is 0 Å². The minimum atomic E-state index is 0.189. The predicted octanol–water partition coefficient (Wildman–Crippen LogP) is 1.87. The molecule has 2 rings (SSSR count). The number of rotatable bonds is 7. The van der Waals surface area contributed by atoms with Gasteiger partial charge in [0, 0.05) is 38.8 Å². The molecule has 0 amide bonds. The van der Waals surface area contributed by atoms with Gasteiger partial charge in [-0.25, -0.2) is 0 Å². The molecule has 0 aliphatic carbocycles. The van der Waals surface area contributed by atoms with E-state index >= 15 is 0 Å². The normalized spacial score (nSPS) is 22.6. The molecule has 0 N–H and O–H groups in total. The van der Waals surface area contributed by atoms with Crippen molar-refractivity contribution in [3.63, 3.8) is 0 Å². The third kappa shape index (κ3) is 4.25. The summed E-state index contributed by atoms with van der Waals surface area (Å²) in [5.74, 6) is 1.43. The summed E-state index contributed by atoms with van der Waals surface area (Å²) >= 11 is 0. The molecule has 1 aliphatic heterocycles. The van der Waals surface area contributed by atoms with Crippen LogP contribution in [0, 0.1) is 6.92 Å². The molecule has 1 aromatic rings. The van der Waals surface area contributed by atoms with E-state index in [0.29, 0.717) is 11.9 Å². The second-order valence-electron chi connectivity index (χ2n) is 5.65. The minimum absolute atomic E-state index is 0.189. The van der Waals surface area contributed by atoms with Gasteiger partial charge in [-0.15, -0.1) is 0 Å². The highest BCUT2D eigenvalue weighted by molar-refractivity contribution is 4.93. The maximum atomic E-state index is 5.49. The summed E-state index contributed by atoms with van der Waals surface area (Å²) in [4.78, 5) is 9.35. The monoisotopic (exact) mass is 296 g/mol. The SMILES string of the molecule is CCOCCN1CCN([C@H](C)c2nc(C)no2)C[C@@H]1CC. The van der Waals surface area contributed by atoms with Crippen LogP contribution in [-0.2, 0) is 4.74 Å². The summed E-state index contributed by atoms with van der Waals surface area (Å²) in [6, 6.07) is 0.764. The van der Waals surface area contributed by atoms with Gasteiger partial charge < -0.3 is 9.26 Å². The molecule has 0 unspecified atom stereocenters. The first-order chi connectivity index (χ1) is 10.2.